The van der Waals surface area contributed by atoms with Gasteiger partial charge < -0.3 is 14.2 Å². The lowest BCUT2D eigenvalue weighted by molar-refractivity contribution is 0.166. The van der Waals surface area contributed by atoms with Crippen molar-refractivity contribution in [2.75, 3.05) is 20.8 Å². The van der Waals surface area contributed by atoms with Gasteiger partial charge in [0, 0.05) is 11.0 Å². The molecular weight excluding hydrogens is 236 g/mol. The Balaban J connectivity index is 2.09. The van der Waals surface area contributed by atoms with Gasteiger partial charge in [0.05, 0.1) is 20.8 Å². The third-order valence-corrected chi connectivity index (χ3v) is 3.85. The number of methoxy groups -OCH3 is 2. The minimum Gasteiger partial charge on any atom is -0.497 e. The van der Waals surface area contributed by atoms with Gasteiger partial charge >= 0.3 is 0 Å². The van der Waals surface area contributed by atoms with Gasteiger partial charge in [-0.3, -0.25) is 0 Å². The summed E-state index contributed by atoms with van der Waals surface area (Å²) in [5.74, 6) is 2.29. The maximum absolute atomic E-state index is 5.70. The monoisotopic (exact) mass is 254 g/mol. The van der Waals surface area contributed by atoms with Gasteiger partial charge in [-0.15, -0.1) is 0 Å². The standard InChI is InChI=1S/C13H18O3S/c1-9-4-13(16-8-9)17-12-6-10(14-2)5-11(7-12)15-3/h5-7,9,13H,4,8H2,1-3H3/t9-,13?/m1/s1. The molecule has 94 valence electrons. The lowest BCUT2D eigenvalue weighted by Crippen LogP contribution is -1.98. The number of benzene rings is 1. The average molecular weight is 254 g/mol. The molecular formula is C13H18O3S. The zero-order valence-corrected chi connectivity index (χ0v) is 11.3. The largest absolute Gasteiger partial charge is 0.497 e. The van der Waals surface area contributed by atoms with Gasteiger partial charge in [-0.25, -0.2) is 0 Å². The third-order valence-electron chi connectivity index (χ3n) is 2.75. The van der Waals surface area contributed by atoms with E-state index in [0.29, 0.717) is 5.92 Å². The molecule has 0 N–H and O–H groups in total. The van der Waals surface area contributed by atoms with E-state index in [1.807, 2.05) is 18.2 Å². The second kappa shape index (κ2) is 5.65. The SMILES string of the molecule is COc1cc(OC)cc(SC2C[C@@H](C)CO2)c1. The summed E-state index contributed by atoms with van der Waals surface area (Å²) in [4.78, 5) is 1.13. The van der Waals surface area contributed by atoms with Gasteiger partial charge in [0.15, 0.2) is 0 Å². The molecule has 17 heavy (non-hydrogen) atoms. The van der Waals surface area contributed by atoms with Crippen molar-refractivity contribution in [2.24, 2.45) is 5.92 Å². The summed E-state index contributed by atoms with van der Waals surface area (Å²) in [6.07, 6.45) is 1.10. The number of hydrogen-bond donors (Lipinski definition) is 0. The van der Waals surface area contributed by atoms with Crippen LogP contribution < -0.4 is 9.47 Å². The zero-order chi connectivity index (χ0) is 12.3. The molecule has 0 spiro atoms. The van der Waals surface area contributed by atoms with Crippen LogP contribution in [0.5, 0.6) is 11.5 Å². The van der Waals surface area contributed by atoms with Gasteiger partial charge in [0.2, 0.25) is 0 Å². The molecule has 1 heterocycles. The molecule has 0 amide bonds. The highest BCUT2D eigenvalue weighted by atomic mass is 32.2. The fourth-order valence-corrected chi connectivity index (χ4v) is 3.06. The van der Waals surface area contributed by atoms with Gasteiger partial charge in [-0.1, -0.05) is 18.7 Å². The fourth-order valence-electron chi connectivity index (χ4n) is 1.82. The predicted octanol–water partition coefficient (Wildman–Crippen LogP) is 3.18. The van der Waals surface area contributed by atoms with Crippen molar-refractivity contribution in [3.8, 4) is 11.5 Å². The van der Waals surface area contributed by atoms with E-state index in [4.69, 9.17) is 14.2 Å². The van der Waals surface area contributed by atoms with Crippen LogP contribution in [0, 0.1) is 5.92 Å². The van der Waals surface area contributed by atoms with E-state index < -0.39 is 0 Å². The Morgan fingerprint density at radius 2 is 1.82 bits per heavy atom. The molecule has 0 aliphatic carbocycles. The smallest absolute Gasteiger partial charge is 0.123 e. The van der Waals surface area contributed by atoms with Crippen molar-refractivity contribution >= 4 is 11.8 Å². The predicted molar refractivity (Wildman–Crippen MR) is 68.9 cm³/mol. The summed E-state index contributed by atoms with van der Waals surface area (Å²) in [6, 6.07) is 5.90. The molecule has 4 heteroatoms. The molecule has 1 aliphatic rings. The molecule has 2 atom stereocenters. The molecule has 0 saturated carbocycles. The second-order valence-corrected chi connectivity index (χ2v) is 5.50. The van der Waals surface area contributed by atoms with Crippen molar-refractivity contribution in [2.45, 2.75) is 23.7 Å². The van der Waals surface area contributed by atoms with Gasteiger partial charge in [0.25, 0.3) is 0 Å². The van der Waals surface area contributed by atoms with E-state index in [0.717, 1.165) is 29.4 Å². The molecule has 1 aromatic carbocycles. The summed E-state index contributed by atoms with van der Waals surface area (Å²) >= 11 is 1.73. The Labute approximate surface area is 106 Å². The van der Waals surface area contributed by atoms with Crippen LogP contribution in [0.3, 0.4) is 0 Å². The highest BCUT2D eigenvalue weighted by molar-refractivity contribution is 7.99. The number of ether oxygens (including phenoxy) is 3. The summed E-state index contributed by atoms with van der Waals surface area (Å²) in [7, 11) is 3.33. The normalized spacial score (nSPS) is 23.7. The molecule has 0 aromatic heterocycles. The van der Waals surface area contributed by atoms with Gasteiger partial charge in [0.1, 0.15) is 16.9 Å². The van der Waals surface area contributed by atoms with Crippen LogP contribution in [0.15, 0.2) is 23.1 Å². The van der Waals surface area contributed by atoms with Crippen LogP contribution in [0.2, 0.25) is 0 Å². The van der Waals surface area contributed by atoms with Crippen molar-refractivity contribution in [3.05, 3.63) is 18.2 Å². The highest BCUT2D eigenvalue weighted by Crippen LogP contribution is 2.36. The van der Waals surface area contributed by atoms with Crippen LogP contribution in [0.1, 0.15) is 13.3 Å². The lowest BCUT2D eigenvalue weighted by atomic mass is 10.2. The van der Waals surface area contributed by atoms with Crippen LogP contribution in [-0.4, -0.2) is 26.3 Å². The number of thioether (sulfide) groups is 1. The Morgan fingerprint density at radius 1 is 1.18 bits per heavy atom. The molecule has 1 unspecified atom stereocenters. The molecule has 2 rings (SSSR count). The first kappa shape index (κ1) is 12.6. The van der Waals surface area contributed by atoms with Crippen molar-refractivity contribution < 1.29 is 14.2 Å². The van der Waals surface area contributed by atoms with E-state index in [9.17, 15) is 0 Å². The molecule has 0 radical (unpaired) electrons. The second-order valence-electron chi connectivity index (χ2n) is 4.27. The Bertz CT molecular complexity index is 359. The van der Waals surface area contributed by atoms with E-state index in [-0.39, 0.29) is 5.44 Å². The lowest BCUT2D eigenvalue weighted by Gasteiger charge is -2.11. The Morgan fingerprint density at radius 3 is 2.29 bits per heavy atom. The minimum atomic E-state index is 0.252. The number of hydrogen-bond acceptors (Lipinski definition) is 4. The summed E-state index contributed by atoms with van der Waals surface area (Å²) in [6.45, 7) is 3.07. The maximum Gasteiger partial charge on any atom is 0.123 e. The molecule has 1 aromatic rings. The van der Waals surface area contributed by atoms with Crippen LogP contribution in [0.4, 0.5) is 0 Å². The summed E-state index contributed by atoms with van der Waals surface area (Å²) in [5.41, 5.74) is 0.252. The van der Waals surface area contributed by atoms with Crippen LogP contribution in [-0.2, 0) is 4.74 Å². The molecule has 0 bridgehead atoms. The molecule has 3 nitrogen and oxygen atoms in total. The fraction of sp³-hybridized carbons (Fsp3) is 0.538. The Kier molecular flexibility index (Phi) is 4.18. The zero-order valence-electron chi connectivity index (χ0n) is 10.4. The third kappa shape index (κ3) is 3.30. The maximum atomic E-state index is 5.70. The van der Waals surface area contributed by atoms with Gasteiger partial charge in [-0.05, 0) is 24.5 Å². The quantitative estimate of drug-likeness (QED) is 0.825. The van der Waals surface area contributed by atoms with Crippen molar-refractivity contribution in [1.29, 1.82) is 0 Å². The Hall–Kier alpha value is -0.870. The van der Waals surface area contributed by atoms with E-state index in [1.165, 1.54) is 0 Å². The van der Waals surface area contributed by atoms with Gasteiger partial charge in [-0.2, -0.15) is 0 Å². The van der Waals surface area contributed by atoms with E-state index in [2.05, 4.69) is 6.92 Å². The van der Waals surface area contributed by atoms with Crippen LogP contribution in [0.25, 0.3) is 0 Å². The number of rotatable bonds is 4. The molecule has 1 fully saturated rings. The average Bonchev–Trinajstić information content (AvgIpc) is 2.74. The van der Waals surface area contributed by atoms with Crippen molar-refractivity contribution in [1.82, 2.24) is 0 Å². The first-order valence-corrected chi connectivity index (χ1v) is 6.60. The van der Waals surface area contributed by atoms with Crippen molar-refractivity contribution in [3.63, 3.8) is 0 Å². The first-order chi connectivity index (χ1) is 8.21. The molecule has 1 saturated heterocycles. The minimum absolute atomic E-state index is 0.252. The molecule has 1 aliphatic heterocycles. The first-order valence-electron chi connectivity index (χ1n) is 5.72. The van der Waals surface area contributed by atoms with E-state index in [1.54, 1.807) is 26.0 Å². The van der Waals surface area contributed by atoms with E-state index >= 15 is 0 Å². The topological polar surface area (TPSA) is 27.7 Å². The summed E-state index contributed by atoms with van der Waals surface area (Å²) in [5, 5.41) is 0. The van der Waals surface area contributed by atoms with Crippen LogP contribution >= 0.6 is 11.8 Å². The summed E-state index contributed by atoms with van der Waals surface area (Å²) < 4.78 is 16.2. The highest BCUT2D eigenvalue weighted by Gasteiger charge is 2.23.